The number of nitrogens with zero attached hydrogens (tertiary/aromatic N) is 2. The Kier molecular flexibility index (Phi) is 4.15. The summed E-state index contributed by atoms with van der Waals surface area (Å²) in [5.74, 6) is 0. The number of pyridine rings is 1. The molecular formula is C18H19N3O2S. The van der Waals surface area contributed by atoms with Crippen molar-refractivity contribution in [1.29, 1.82) is 0 Å². The molecule has 2 aromatic carbocycles. The summed E-state index contributed by atoms with van der Waals surface area (Å²) < 4.78 is 26.0. The van der Waals surface area contributed by atoms with Crippen LogP contribution in [0.15, 0.2) is 64.5 Å². The van der Waals surface area contributed by atoms with E-state index >= 15 is 0 Å². The van der Waals surface area contributed by atoms with Gasteiger partial charge in [-0.25, -0.2) is 8.42 Å². The number of fused-ring (bicyclic) bond motifs is 1. The molecule has 0 aliphatic rings. The molecule has 0 aliphatic carbocycles. The molecule has 0 unspecified atom stereocenters. The summed E-state index contributed by atoms with van der Waals surface area (Å²) in [4.78, 5) is 6.84. The van der Waals surface area contributed by atoms with Crippen LogP contribution in [0.4, 0.5) is 11.4 Å². The standard InChI is InChI=1S/C18H19N3O2S/c1-19-18-14-10-7-11-15(21(2)3)17(14)20-12-16(18)24(22,23)13-8-5-4-6-9-13/h4-12H,1-3H3,(H,19,20). The molecule has 1 heterocycles. The highest BCUT2D eigenvalue weighted by atomic mass is 32.2. The van der Waals surface area contributed by atoms with Crippen LogP contribution in [0.2, 0.25) is 0 Å². The van der Waals surface area contributed by atoms with Crippen molar-refractivity contribution < 1.29 is 8.42 Å². The molecule has 5 nitrogen and oxygen atoms in total. The molecule has 0 aliphatic heterocycles. The van der Waals surface area contributed by atoms with Gasteiger partial charge in [-0.2, -0.15) is 0 Å². The fourth-order valence-electron chi connectivity index (χ4n) is 2.74. The van der Waals surface area contributed by atoms with Crippen LogP contribution in [0.1, 0.15) is 0 Å². The Morgan fingerprint density at radius 2 is 1.71 bits per heavy atom. The summed E-state index contributed by atoms with van der Waals surface area (Å²) >= 11 is 0. The molecule has 3 aromatic rings. The molecular weight excluding hydrogens is 322 g/mol. The van der Waals surface area contributed by atoms with E-state index in [1.165, 1.54) is 6.20 Å². The third-order valence-corrected chi connectivity index (χ3v) is 5.70. The summed E-state index contributed by atoms with van der Waals surface area (Å²) in [6, 6.07) is 14.1. The van der Waals surface area contributed by atoms with Crippen molar-refractivity contribution in [2.45, 2.75) is 9.79 Å². The normalized spacial score (nSPS) is 11.5. The van der Waals surface area contributed by atoms with Crippen molar-refractivity contribution >= 4 is 32.1 Å². The molecule has 6 heteroatoms. The summed E-state index contributed by atoms with van der Waals surface area (Å²) in [7, 11) is 1.95. The topological polar surface area (TPSA) is 62.3 Å². The second-order valence-corrected chi connectivity index (χ2v) is 7.55. The van der Waals surface area contributed by atoms with E-state index in [0.29, 0.717) is 5.69 Å². The van der Waals surface area contributed by atoms with Crippen LogP contribution >= 0.6 is 0 Å². The van der Waals surface area contributed by atoms with Gasteiger partial charge in [-0.15, -0.1) is 0 Å². The highest BCUT2D eigenvalue weighted by molar-refractivity contribution is 7.91. The lowest BCUT2D eigenvalue weighted by Crippen LogP contribution is -2.11. The van der Waals surface area contributed by atoms with Gasteiger partial charge in [0.05, 0.1) is 21.8 Å². The third kappa shape index (κ3) is 2.59. The molecule has 3 rings (SSSR count). The van der Waals surface area contributed by atoms with E-state index in [4.69, 9.17) is 0 Å². The Morgan fingerprint density at radius 3 is 2.33 bits per heavy atom. The van der Waals surface area contributed by atoms with E-state index in [-0.39, 0.29) is 9.79 Å². The zero-order valence-corrected chi connectivity index (χ0v) is 14.6. The maximum atomic E-state index is 13.0. The van der Waals surface area contributed by atoms with E-state index in [1.54, 1.807) is 37.4 Å². The first-order valence-corrected chi connectivity index (χ1v) is 9.02. The number of nitrogens with one attached hydrogen (secondary N) is 1. The van der Waals surface area contributed by atoms with Crippen molar-refractivity contribution in [1.82, 2.24) is 4.98 Å². The lowest BCUT2D eigenvalue weighted by molar-refractivity contribution is 0.596. The average Bonchev–Trinajstić information content (AvgIpc) is 2.60. The first-order chi connectivity index (χ1) is 11.5. The number of rotatable bonds is 4. The van der Waals surface area contributed by atoms with Crippen LogP contribution in [0, 0.1) is 0 Å². The number of benzene rings is 2. The largest absolute Gasteiger partial charge is 0.386 e. The zero-order chi connectivity index (χ0) is 17.3. The average molecular weight is 341 g/mol. The fraction of sp³-hybridized carbons (Fsp3) is 0.167. The van der Waals surface area contributed by atoms with Crippen molar-refractivity contribution in [3.05, 3.63) is 54.7 Å². The Labute approximate surface area is 141 Å². The summed E-state index contributed by atoms with van der Waals surface area (Å²) in [6.07, 6.45) is 1.43. The molecule has 0 spiro atoms. The molecule has 0 radical (unpaired) electrons. The number of sulfone groups is 1. The molecule has 124 valence electrons. The van der Waals surface area contributed by atoms with Crippen LogP contribution in [-0.2, 0) is 9.84 Å². The summed E-state index contributed by atoms with van der Waals surface area (Å²) in [5, 5.41) is 3.82. The van der Waals surface area contributed by atoms with Crippen LogP contribution < -0.4 is 10.2 Å². The Hall–Kier alpha value is -2.60. The molecule has 0 saturated carbocycles. The second kappa shape index (κ2) is 6.13. The summed E-state index contributed by atoms with van der Waals surface area (Å²) in [5.41, 5.74) is 2.26. The number of hydrogen-bond acceptors (Lipinski definition) is 5. The van der Waals surface area contributed by atoms with Crippen molar-refractivity contribution in [3.8, 4) is 0 Å². The SMILES string of the molecule is CNc1c(S(=O)(=O)c2ccccc2)cnc2c(N(C)C)cccc12. The van der Waals surface area contributed by atoms with E-state index in [2.05, 4.69) is 10.3 Å². The maximum absolute atomic E-state index is 13.0. The smallest absolute Gasteiger partial charge is 0.210 e. The monoisotopic (exact) mass is 341 g/mol. The predicted octanol–water partition coefficient (Wildman–Crippen LogP) is 3.18. The van der Waals surface area contributed by atoms with E-state index in [0.717, 1.165) is 16.6 Å². The van der Waals surface area contributed by atoms with Gasteiger partial charge >= 0.3 is 0 Å². The molecule has 0 atom stereocenters. The Morgan fingerprint density at radius 1 is 1.00 bits per heavy atom. The van der Waals surface area contributed by atoms with Gasteiger partial charge in [0, 0.05) is 32.7 Å². The van der Waals surface area contributed by atoms with Crippen molar-refractivity contribution in [2.75, 3.05) is 31.4 Å². The predicted molar refractivity (Wildman–Crippen MR) is 97.5 cm³/mol. The number of para-hydroxylation sites is 1. The molecule has 0 bridgehead atoms. The van der Waals surface area contributed by atoms with E-state index in [1.807, 2.05) is 37.2 Å². The summed E-state index contributed by atoms with van der Waals surface area (Å²) in [6.45, 7) is 0. The van der Waals surface area contributed by atoms with Gasteiger partial charge in [-0.3, -0.25) is 4.98 Å². The quantitative estimate of drug-likeness (QED) is 0.790. The van der Waals surface area contributed by atoms with Crippen LogP contribution in [-0.4, -0.2) is 34.5 Å². The van der Waals surface area contributed by atoms with Crippen LogP contribution in [0.25, 0.3) is 10.9 Å². The first kappa shape index (κ1) is 16.3. The van der Waals surface area contributed by atoms with Crippen LogP contribution in [0.3, 0.4) is 0 Å². The second-order valence-electron chi connectivity index (χ2n) is 5.63. The lowest BCUT2D eigenvalue weighted by Gasteiger charge is -2.18. The van der Waals surface area contributed by atoms with Gasteiger partial charge in [0.25, 0.3) is 0 Å². The van der Waals surface area contributed by atoms with Gasteiger partial charge in [0.15, 0.2) is 0 Å². The third-order valence-electron chi connectivity index (χ3n) is 3.92. The number of anilines is 2. The molecule has 0 saturated heterocycles. The highest BCUT2D eigenvalue weighted by Gasteiger charge is 2.23. The minimum Gasteiger partial charge on any atom is -0.386 e. The van der Waals surface area contributed by atoms with Gasteiger partial charge in [-0.1, -0.05) is 30.3 Å². The van der Waals surface area contributed by atoms with Gasteiger partial charge in [0.1, 0.15) is 4.90 Å². The molecule has 1 N–H and O–H groups in total. The number of aromatic nitrogens is 1. The van der Waals surface area contributed by atoms with Gasteiger partial charge in [-0.05, 0) is 18.2 Å². The van der Waals surface area contributed by atoms with Gasteiger partial charge in [0.2, 0.25) is 9.84 Å². The Bertz CT molecular complexity index is 984. The molecule has 0 amide bonds. The number of hydrogen-bond donors (Lipinski definition) is 1. The Balaban J connectivity index is 2.31. The highest BCUT2D eigenvalue weighted by Crippen LogP contribution is 2.35. The van der Waals surface area contributed by atoms with E-state index in [9.17, 15) is 8.42 Å². The maximum Gasteiger partial charge on any atom is 0.210 e. The van der Waals surface area contributed by atoms with Crippen molar-refractivity contribution in [3.63, 3.8) is 0 Å². The fourth-order valence-corrected chi connectivity index (χ4v) is 4.18. The first-order valence-electron chi connectivity index (χ1n) is 7.53. The van der Waals surface area contributed by atoms with Crippen LogP contribution in [0.5, 0.6) is 0 Å². The lowest BCUT2D eigenvalue weighted by atomic mass is 10.1. The molecule has 24 heavy (non-hydrogen) atoms. The molecule has 0 fully saturated rings. The van der Waals surface area contributed by atoms with Crippen molar-refractivity contribution in [2.24, 2.45) is 0 Å². The van der Waals surface area contributed by atoms with E-state index < -0.39 is 9.84 Å². The zero-order valence-electron chi connectivity index (χ0n) is 13.8. The van der Waals surface area contributed by atoms with Gasteiger partial charge < -0.3 is 10.2 Å². The molecule has 1 aromatic heterocycles. The minimum absolute atomic E-state index is 0.180. The minimum atomic E-state index is -3.64.